The molecule has 0 radical (unpaired) electrons. The van der Waals surface area contributed by atoms with Gasteiger partial charge in [0.25, 0.3) is 0 Å². The zero-order chi connectivity index (χ0) is 20.5. The van der Waals surface area contributed by atoms with Crippen LogP contribution in [0.5, 0.6) is 0 Å². The van der Waals surface area contributed by atoms with Gasteiger partial charge in [-0.3, -0.25) is 4.98 Å². The summed E-state index contributed by atoms with van der Waals surface area (Å²) >= 11 is 0. The first-order valence-corrected chi connectivity index (χ1v) is 9.39. The molecule has 0 bridgehead atoms. The Bertz CT molecular complexity index is 960. The normalized spacial score (nSPS) is 12.1. The van der Waals surface area contributed by atoms with Crippen LogP contribution in [0.15, 0.2) is 48.8 Å². The lowest BCUT2D eigenvalue weighted by Crippen LogP contribution is -2.24. The minimum absolute atomic E-state index is 0.0750. The summed E-state index contributed by atoms with van der Waals surface area (Å²) in [6.45, 7) is 12.1. The Balaban J connectivity index is 2.05. The van der Waals surface area contributed by atoms with Crippen molar-refractivity contribution >= 4 is 5.97 Å². The van der Waals surface area contributed by atoms with Gasteiger partial charge in [-0.2, -0.15) is 0 Å². The van der Waals surface area contributed by atoms with Crippen LogP contribution >= 0.6 is 0 Å². The largest absolute Gasteiger partial charge is 0.455 e. The number of imidazole rings is 1. The number of aromatic nitrogens is 3. The fourth-order valence-corrected chi connectivity index (χ4v) is 2.83. The lowest BCUT2D eigenvalue weighted by molar-refractivity contribution is 0.00645. The minimum atomic E-state index is -0.591. The molecule has 0 aliphatic rings. The number of carbonyl (C=O) groups excluding carboxylic acids is 1. The van der Waals surface area contributed by atoms with Crippen molar-refractivity contribution in [1.82, 2.24) is 15.0 Å². The van der Waals surface area contributed by atoms with Crippen molar-refractivity contribution in [2.75, 3.05) is 0 Å². The number of nitrogens with zero attached hydrogens (tertiary/aromatic N) is 2. The van der Waals surface area contributed by atoms with Crippen LogP contribution in [0.4, 0.5) is 0 Å². The molecule has 0 aliphatic carbocycles. The number of aromatic amines is 1. The highest BCUT2D eigenvalue weighted by molar-refractivity contribution is 5.95. The molecule has 0 amide bonds. The summed E-state index contributed by atoms with van der Waals surface area (Å²) in [5, 5.41) is 0. The van der Waals surface area contributed by atoms with Gasteiger partial charge in [0.05, 0.1) is 0 Å². The molecule has 2 aromatic heterocycles. The van der Waals surface area contributed by atoms with E-state index in [9.17, 15) is 4.79 Å². The van der Waals surface area contributed by atoms with Crippen LogP contribution < -0.4 is 0 Å². The van der Waals surface area contributed by atoms with Crippen molar-refractivity contribution in [3.05, 3.63) is 60.0 Å². The number of benzene rings is 1. The SMILES string of the molecule is CC(C)(C)OC(=O)c1[nH]c(-c2ccc(C(C)(C)C)cc2)nc1-c1ccncc1. The van der Waals surface area contributed by atoms with Crippen LogP contribution in [0.3, 0.4) is 0 Å². The van der Waals surface area contributed by atoms with Crippen LogP contribution in [0.2, 0.25) is 0 Å². The Morgan fingerprint density at radius 2 is 1.50 bits per heavy atom. The molecule has 1 N–H and O–H groups in total. The number of ether oxygens (including phenoxy) is 1. The van der Waals surface area contributed by atoms with Crippen LogP contribution in [0, 0.1) is 0 Å². The van der Waals surface area contributed by atoms with E-state index >= 15 is 0 Å². The van der Waals surface area contributed by atoms with Crippen molar-refractivity contribution in [2.45, 2.75) is 52.6 Å². The summed E-state index contributed by atoms with van der Waals surface area (Å²) < 4.78 is 5.57. The summed E-state index contributed by atoms with van der Waals surface area (Å²) in [4.78, 5) is 24.7. The Hall–Kier alpha value is -2.95. The lowest BCUT2D eigenvalue weighted by atomic mass is 9.87. The van der Waals surface area contributed by atoms with Crippen LogP contribution in [0.1, 0.15) is 57.6 Å². The van der Waals surface area contributed by atoms with Gasteiger partial charge in [0.1, 0.15) is 17.1 Å². The standard InChI is InChI=1S/C23H27N3O2/c1-22(2,3)17-9-7-16(8-10-17)20-25-18(15-11-13-24-14-12-15)19(26-20)21(27)28-23(4,5)6/h7-14H,1-6H3,(H,25,26). The van der Waals surface area contributed by atoms with Gasteiger partial charge in [0, 0.05) is 23.5 Å². The van der Waals surface area contributed by atoms with Crippen molar-refractivity contribution in [1.29, 1.82) is 0 Å². The average Bonchev–Trinajstić information content (AvgIpc) is 3.06. The zero-order valence-corrected chi connectivity index (χ0v) is 17.3. The molecule has 0 aliphatic heterocycles. The number of rotatable bonds is 3. The summed E-state index contributed by atoms with van der Waals surface area (Å²) in [5.41, 5.74) is 3.35. The topological polar surface area (TPSA) is 67.9 Å². The van der Waals surface area contributed by atoms with Gasteiger partial charge in [-0.1, -0.05) is 45.0 Å². The second-order valence-corrected chi connectivity index (χ2v) is 8.87. The van der Waals surface area contributed by atoms with Gasteiger partial charge in [0.15, 0.2) is 5.69 Å². The molecule has 3 rings (SSSR count). The van der Waals surface area contributed by atoms with Crippen LogP contribution in [-0.2, 0) is 10.2 Å². The number of hydrogen-bond acceptors (Lipinski definition) is 4. The number of carbonyl (C=O) groups is 1. The van der Waals surface area contributed by atoms with Crippen molar-refractivity contribution in [2.24, 2.45) is 0 Å². The maximum Gasteiger partial charge on any atom is 0.357 e. The van der Waals surface area contributed by atoms with Gasteiger partial charge in [0.2, 0.25) is 0 Å². The second kappa shape index (κ2) is 7.23. The third-order valence-electron chi connectivity index (χ3n) is 4.28. The smallest absolute Gasteiger partial charge is 0.357 e. The Kier molecular flexibility index (Phi) is 5.11. The number of pyridine rings is 1. The first-order valence-electron chi connectivity index (χ1n) is 9.39. The van der Waals surface area contributed by atoms with Crippen molar-refractivity contribution in [3.63, 3.8) is 0 Å². The summed E-state index contributed by atoms with van der Waals surface area (Å²) in [6.07, 6.45) is 3.36. The van der Waals surface area contributed by atoms with Crippen molar-refractivity contribution in [3.8, 4) is 22.6 Å². The molecule has 146 valence electrons. The van der Waals surface area contributed by atoms with E-state index in [1.807, 2.05) is 45.0 Å². The Labute approximate surface area is 166 Å². The molecular weight excluding hydrogens is 350 g/mol. The molecule has 5 heteroatoms. The first kappa shape index (κ1) is 19.8. The monoisotopic (exact) mass is 377 g/mol. The number of nitrogens with one attached hydrogen (secondary N) is 1. The predicted octanol–water partition coefficient (Wildman–Crippen LogP) is 5.39. The van der Waals surface area contributed by atoms with E-state index in [1.54, 1.807) is 12.4 Å². The van der Waals surface area contributed by atoms with Gasteiger partial charge in [-0.05, 0) is 43.9 Å². The maximum atomic E-state index is 12.8. The number of hydrogen-bond donors (Lipinski definition) is 1. The fraction of sp³-hybridized carbons (Fsp3) is 0.348. The Morgan fingerprint density at radius 3 is 2.04 bits per heavy atom. The van der Waals surface area contributed by atoms with Gasteiger partial charge in [-0.25, -0.2) is 9.78 Å². The molecule has 0 saturated heterocycles. The molecule has 3 aromatic rings. The van der Waals surface area contributed by atoms with Crippen LogP contribution in [-0.4, -0.2) is 26.5 Å². The number of esters is 1. The zero-order valence-electron chi connectivity index (χ0n) is 17.3. The molecule has 0 spiro atoms. The first-order chi connectivity index (χ1) is 13.0. The summed E-state index contributed by atoms with van der Waals surface area (Å²) in [6, 6.07) is 11.9. The highest BCUT2D eigenvalue weighted by Crippen LogP contribution is 2.29. The van der Waals surface area contributed by atoms with E-state index in [4.69, 9.17) is 9.72 Å². The summed E-state index contributed by atoms with van der Waals surface area (Å²) in [7, 11) is 0. The molecule has 0 saturated carbocycles. The highest BCUT2D eigenvalue weighted by Gasteiger charge is 2.25. The molecule has 0 atom stereocenters. The molecule has 0 unspecified atom stereocenters. The van der Waals surface area contributed by atoms with E-state index in [0.29, 0.717) is 17.2 Å². The summed E-state index contributed by atoms with van der Waals surface area (Å²) in [5.74, 6) is 0.206. The van der Waals surface area contributed by atoms with Gasteiger partial charge >= 0.3 is 5.97 Å². The maximum absolute atomic E-state index is 12.8. The molecule has 5 nitrogen and oxygen atoms in total. The van der Waals surface area contributed by atoms with E-state index in [0.717, 1.165) is 11.1 Å². The third-order valence-corrected chi connectivity index (χ3v) is 4.28. The second-order valence-electron chi connectivity index (χ2n) is 8.87. The quantitative estimate of drug-likeness (QED) is 0.621. The van der Waals surface area contributed by atoms with E-state index < -0.39 is 11.6 Å². The third kappa shape index (κ3) is 4.47. The highest BCUT2D eigenvalue weighted by atomic mass is 16.6. The minimum Gasteiger partial charge on any atom is -0.455 e. The van der Waals surface area contributed by atoms with Crippen molar-refractivity contribution < 1.29 is 9.53 Å². The average molecular weight is 377 g/mol. The molecule has 2 heterocycles. The molecule has 0 fully saturated rings. The van der Waals surface area contributed by atoms with E-state index in [-0.39, 0.29) is 5.41 Å². The Morgan fingerprint density at radius 1 is 0.893 bits per heavy atom. The lowest BCUT2D eigenvalue weighted by Gasteiger charge is -2.19. The van der Waals surface area contributed by atoms with Crippen LogP contribution in [0.25, 0.3) is 22.6 Å². The van der Waals surface area contributed by atoms with E-state index in [1.165, 1.54) is 5.56 Å². The fourth-order valence-electron chi connectivity index (χ4n) is 2.83. The molecule has 28 heavy (non-hydrogen) atoms. The predicted molar refractivity (Wildman–Crippen MR) is 111 cm³/mol. The number of H-pyrrole nitrogens is 1. The van der Waals surface area contributed by atoms with Gasteiger partial charge < -0.3 is 9.72 Å². The molecule has 1 aromatic carbocycles. The van der Waals surface area contributed by atoms with Gasteiger partial charge in [-0.15, -0.1) is 0 Å². The molecular formula is C23H27N3O2. The van der Waals surface area contributed by atoms with E-state index in [2.05, 4.69) is 42.9 Å².